The molecule has 0 aliphatic carbocycles. The van der Waals surface area contributed by atoms with Gasteiger partial charge in [-0.2, -0.15) is 0 Å². The van der Waals surface area contributed by atoms with Crippen molar-refractivity contribution in [3.8, 4) is 0 Å². The molecule has 3 rings (SSSR count). The Bertz CT molecular complexity index is 941. The van der Waals surface area contributed by atoms with Gasteiger partial charge in [-0.3, -0.25) is 4.98 Å². The monoisotopic (exact) mass is 385 g/mol. The maximum Gasteiger partial charge on any atom is 0.335 e. The minimum absolute atomic E-state index is 0.240. The average molecular weight is 386 g/mol. The van der Waals surface area contributed by atoms with E-state index in [1.807, 2.05) is 28.8 Å². The summed E-state index contributed by atoms with van der Waals surface area (Å²) >= 11 is 6.02. The maximum atomic E-state index is 11.1. The number of carbonyl (C=O) groups is 1. The van der Waals surface area contributed by atoms with Crippen LogP contribution in [-0.4, -0.2) is 30.8 Å². The third-order valence-electron chi connectivity index (χ3n) is 4.07. The van der Waals surface area contributed by atoms with Crippen LogP contribution < -0.4 is 5.32 Å². The number of benzene rings is 1. The molecule has 8 heteroatoms. The van der Waals surface area contributed by atoms with E-state index in [9.17, 15) is 4.79 Å². The summed E-state index contributed by atoms with van der Waals surface area (Å²) in [5.74, 6) is -0.148. The van der Waals surface area contributed by atoms with Crippen LogP contribution in [0.4, 0.5) is 0 Å². The van der Waals surface area contributed by atoms with E-state index in [1.165, 1.54) is 0 Å². The number of hydrogen-bond acceptors (Lipinski definition) is 5. The van der Waals surface area contributed by atoms with Gasteiger partial charge in [0.05, 0.1) is 17.8 Å². The molecule has 27 heavy (non-hydrogen) atoms. The number of rotatable bonds is 8. The van der Waals surface area contributed by atoms with Crippen LogP contribution >= 0.6 is 11.6 Å². The lowest BCUT2D eigenvalue weighted by atomic mass is 10.1. The van der Waals surface area contributed by atoms with Crippen molar-refractivity contribution in [2.24, 2.45) is 0 Å². The van der Waals surface area contributed by atoms with Gasteiger partial charge < -0.3 is 15.0 Å². The van der Waals surface area contributed by atoms with Crippen molar-refractivity contribution >= 4 is 17.6 Å². The fourth-order valence-electron chi connectivity index (χ4n) is 2.80. The Balaban J connectivity index is 1.57. The van der Waals surface area contributed by atoms with Gasteiger partial charge in [0.1, 0.15) is 12.2 Å². The highest BCUT2D eigenvalue weighted by Crippen LogP contribution is 2.12. The molecule has 0 aliphatic heterocycles. The molecule has 0 bridgehead atoms. The number of aromatic nitrogens is 4. The first-order chi connectivity index (χ1) is 13.0. The zero-order valence-corrected chi connectivity index (χ0v) is 15.6. The summed E-state index contributed by atoms with van der Waals surface area (Å²) in [7, 11) is 0. The molecule has 3 aromatic rings. The third-order valence-corrected chi connectivity index (χ3v) is 4.30. The van der Waals surface area contributed by atoms with Crippen molar-refractivity contribution in [3.05, 3.63) is 76.1 Å². The van der Waals surface area contributed by atoms with Crippen LogP contribution in [0.5, 0.6) is 0 Å². The molecule has 2 aromatic heterocycles. The minimum atomic E-state index is -0.956. The Hall–Kier alpha value is -2.77. The van der Waals surface area contributed by atoms with Gasteiger partial charge in [0.25, 0.3) is 0 Å². The lowest BCUT2D eigenvalue weighted by Crippen LogP contribution is -2.18. The highest BCUT2D eigenvalue weighted by atomic mass is 35.5. The van der Waals surface area contributed by atoms with Crippen LogP contribution in [0.1, 0.15) is 33.1 Å². The van der Waals surface area contributed by atoms with Crippen molar-refractivity contribution < 1.29 is 9.90 Å². The van der Waals surface area contributed by atoms with Crippen LogP contribution in [0.25, 0.3) is 0 Å². The molecule has 0 atom stereocenters. The number of halogens is 1. The summed E-state index contributed by atoms with van der Waals surface area (Å²) in [4.78, 5) is 15.5. The first-order valence-corrected chi connectivity index (χ1v) is 8.92. The minimum Gasteiger partial charge on any atom is -0.478 e. The summed E-state index contributed by atoms with van der Waals surface area (Å²) in [5.41, 5.74) is 2.75. The molecule has 0 aliphatic rings. The van der Waals surface area contributed by atoms with Gasteiger partial charge in [-0.1, -0.05) is 23.7 Å². The Morgan fingerprint density at radius 2 is 2.11 bits per heavy atom. The fraction of sp³-hybridized carbons (Fsp3) is 0.263. The second-order valence-electron chi connectivity index (χ2n) is 6.22. The predicted molar refractivity (Wildman–Crippen MR) is 102 cm³/mol. The number of aryl methyl sites for hydroxylation is 3. The zero-order valence-electron chi connectivity index (χ0n) is 14.9. The number of carboxylic acids is 1. The van der Waals surface area contributed by atoms with Gasteiger partial charge in [-0.25, -0.2) is 4.79 Å². The second-order valence-corrected chi connectivity index (χ2v) is 6.65. The summed E-state index contributed by atoms with van der Waals surface area (Å²) in [6.07, 6.45) is 2.53. The largest absolute Gasteiger partial charge is 0.478 e. The molecule has 140 valence electrons. The van der Waals surface area contributed by atoms with E-state index in [2.05, 4.69) is 20.5 Å². The number of hydrogen-bond donors (Lipinski definition) is 2. The summed E-state index contributed by atoms with van der Waals surface area (Å²) in [6, 6.07) is 10.9. The topological polar surface area (TPSA) is 92.9 Å². The molecule has 2 N–H and O–H groups in total. The molecule has 2 heterocycles. The van der Waals surface area contributed by atoms with Crippen molar-refractivity contribution in [1.82, 2.24) is 25.1 Å². The smallest absolute Gasteiger partial charge is 0.335 e. The van der Waals surface area contributed by atoms with Gasteiger partial charge >= 0.3 is 5.97 Å². The lowest BCUT2D eigenvalue weighted by Gasteiger charge is -2.09. The van der Waals surface area contributed by atoms with Crippen LogP contribution in [0.15, 0.2) is 42.7 Å². The molecule has 0 saturated carbocycles. The van der Waals surface area contributed by atoms with E-state index in [1.54, 1.807) is 25.4 Å². The predicted octanol–water partition coefficient (Wildman–Crippen LogP) is 2.87. The van der Waals surface area contributed by atoms with Gasteiger partial charge in [0.2, 0.25) is 0 Å². The van der Waals surface area contributed by atoms with Crippen LogP contribution in [0.2, 0.25) is 5.02 Å². The highest BCUT2D eigenvalue weighted by molar-refractivity contribution is 6.30. The Labute approximate surface area is 162 Å². The second kappa shape index (κ2) is 8.75. The standard InChI is InChI=1S/C19H20ClN5O2/c1-13-7-15(19(26)27)9-17(23-13)10-21-11-18-24-22-12-25(18)6-5-14-3-2-4-16(20)8-14/h2-4,7-9,12,21H,5-6,10-11H2,1H3,(H,26,27). The molecule has 0 amide bonds. The Morgan fingerprint density at radius 1 is 1.26 bits per heavy atom. The zero-order chi connectivity index (χ0) is 19.2. The summed E-state index contributed by atoms with van der Waals surface area (Å²) < 4.78 is 1.99. The normalized spacial score (nSPS) is 10.9. The van der Waals surface area contributed by atoms with Gasteiger partial charge in [-0.15, -0.1) is 10.2 Å². The molecule has 7 nitrogen and oxygen atoms in total. The van der Waals surface area contributed by atoms with E-state index in [4.69, 9.17) is 16.7 Å². The number of nitrogens with one attached hydrogen (secondary N) is 1. The summed E-state index contributed by atoms with van der Waals surface area (Å²) in [6.45, 7) is 3.48. The average Bonchev–Trinajstić information content (AvgIpc) is 3.07. The molecular weight excluding hydrogens is 366 g/mol. The molecule has 0 unspecified atom stereocenters. The number of aromatic carboxylic acids is 1. The van der Waals surface area contributed by atoms with Crippen LogP contribution in [-0.2, 0) is 26.1 Å². The molecule has 0 radical (unpaired) electrons. The van der Waals surface area contributed by atoms with E-state index in [-0.39, 0.29) is 5.56 Å². The van der Waals surface area contributed by atoms with Crippen molar-refractivity contribution in [2.45, 2.75) is 33.0 Å². The number of nitrogens with zero attached hydrogens (tertiary/aromatic N) is 4. The van der Waals surface area contributed by atoms with Gasteiger partial charge in [0.15, 0.2) is 0 Å². The number of pyridine rings is 1. The van der Waals surface area contributed by atoms with Crippen molar-refractivity contribution in [2.75, 3.05) is 0 Å². The van der Waals surface area contributed by atoms with Crippen LogP contribution in [0, 0.1) is 6.92 Å². The number of carboxylic acid groups (broad SMARTS) is 1. The molecule has 0 fully saturated rings. The fourth-order valence-corrected chi connectivity index (χ4v) is 3.01. The Kier molecular flexibility index (Phi) is 6.16. The van der Waals surface area contributed by atoms with Gasteiger partial charge in [-0.05, 0) is 43.2 Å². The lowest BCUT2D eigenvalue weighted by molar-refractivity contribution is 0.0696. The first kappa shape index (κ1) is 19.0. The molecular formula is C19H20ClN5O2. The highest BCUT2D eigenvalue weighted by Gasteiger charge is 2.08. The quantitative estimate of drug-likeness (QED) is 0.619. The van der Waals surface area contributed by atoms with E-state index < -0.39 is 5.97 Å². The van der Waals surface area contributed by atoms with E-state index in [0.717, 1.165) is 29.4 Å². The first-order valence-electron chi connectivity index (χ1n) is 8.54. The third kappa shape index (κ3) is 5.35. The SMILES string of the molecule is Cc1cc(C(=O)O)cc(CNCc2nncn2CCc2cccc(Cl)c2)n1. The van der Waals surface area contributed by atoms with Crippen molar-refractivity contribution in [1.29, 1.82) is 0 Å². The molecule has 0 spiro atoms. The van der Waals surface area contributed by atoms with Crippen LogP contribution in [0.3, 0.4) is 0 Å². The summed E-state index contributed by atoms with van der Waals surface area (Å²) in [5, 5.41) is 21.2. The maximum absolute atomic E-state index is 11.1. The van der Waals surface area contributed by atoms with E-state index >= 15 is 0 Å². The van der Waals surface area contributed by atoms with Crippen molar-refractivity contribution in [3.63, 3.8) is 0 Å². The molecule has 1 aromatic carbocycles. The molecule has 0 saturated heterocycles. The Morgan fingerprint density at radius 3 is 2.89 bits per heavy atom. The van der Waals surface area contributed by atoms with E-state index in [0.29, 0.717) is 24.5 Å². The van der Waals surface area contributed by atoms with Gasteiger partial charge in [0, 0.05) is 23.8 Å².